The van der Waals surface area contributed by atoms with E-state index in [4.69, 9.17) is 14.6 Å². The zero-order valence-electron chi connectivity index (χ0n) is 9.80. The second kappa shape index (κ2) is 8.08. The number of ether oxygens (including phenoxy) is 2. The number of rotatable bonds is 7. The lowest BCUT2D eigenvalue weighted by Crippen LogP contribution is -2.28. The molecular weight excluding hydrogens is 238 g/mol. The summed E-state index contributed by atoms with van der Waals surface area (Å²) in [6.07, 6.45) is -0.558. The molecule has 1 rings (SSSR count). The summed E-state index contributed by atoms with van der Waals surface area (Å²) in [5.41, 5.74) is 0.898. The van der Waals surface area contributed by atoms with Crippen LogP contribution in [-0.2, 0) is 20.9 Å². The highest BCUT2D eigenvalue weighted by molar-refractivity contribution is 5.68. The molecule has 0 aliphatic heterocycles. The fourth-order valence-corrected chi connectivity index (χ4v) is 1.16. The van der Waals surface area contributed by atoms with Crippen LogP contribution in [0.5, 0.6) is 0 Å². The molecule has 1 amide bonds. The Morgan fingerprint density at radius 1 is 1.22 bits per heavy atom. The molecule has 18 heavy (non-hydrogen) atoms. The summed E-state index contributed by atoms with van der Waals surface area (Å²) in [7, 11) is 0. The molecule has 1 aromatic carbocycles. The van der Waals surface area contributed by atoms with E-state index in [-0.39, 0.29) is 26.4 Å². The van der Waals surface area contributed by atoms with E-state index in [1.165, 1.54) is 0 Å². The predicted molar refractivity (Wildman–Crippen MR) is 63.1 cm³/mol. The SMILES string of the molecule is O=C(O)COCCNC(=O)OCc1ccccc1. The number of alkyl carbamates (subject to hydrolysis) is 1. The summed E-state index contributed by atoms with van der Waals surface area (Å²) in [6, 6.07) is 9.29. The topological polar surface area (TPSA) is 84.9 Å². The number of nitrogens with one attached hydrogen (secondary N) is 1. The maximum Gasteiger partial charge on any atom is 0.407 e. The Bertz CT molecular complexity index is 379. The Morgan fingerprint density at radius 2 is 1.94 bits per heavy atom. The summed E-state index contributed by atoms with van der Waals surface area (Å²) >= 11 is 0. The standard InChI is InChI=1S/C12H15NO5/c14-11(15)9-17-7-6-13-12(16)18-8-10-4-2-1-3-5-10/h1-5H,6-9H2,(H,13,16)(H,14,15). The number of aliphatic carboxylic acids is 1. The van der Waals surface area contributed by atoms with Crippen molar-refractivity contribution in [2.24, 2.45) is 0 Å². The van der Waals surface area contributed by atoms with Crippen LogP contribution in [0.2, 0.25) is 0 Å². The van der Waals surface area contributed by atoms with E-state index in [9.17, 15) is 9.59 Å². The molecule has 6 heteroatoms. The second-order valence-corrected chi connectivity index (χ2v) is 3.43. The number of benzene rings is 1. The number of carboxylic acids is 1. The van der Waals surface area contributed by atoms with Gasteiger partial charge in [-0.15, -0.1) is 0 Å². The molecule has 0 saturated heterocycles. The van der Waals surface area contributed by atoms with E-state index < -0.39 is 12.1 Å². The molecular formula is C12H15NO5. The van der Waals surface area contributed by atoms with Crippen molar-refractivity contribution < 1.29 is 24.2 Å². The van der Waals surface area contributed by atoms with Crippen LogP contribution < -0.4 is 5.32 Å². The molecule has 0 radical (unpaired) electrons. The van der Waals surface area contributed by atoms with Crippen molar-refractivity contribution in [2.45, 2.75) is 6.61 Å². The van der Waals surface area contributed by atoms with Crippen molar-refractivity contribution in [1.82, 2.24) is 5.32 Å². The van der Waals surface area contributed by atoms with Gasteiger partial charge in [0, 0.05) is 6.54 Å². The number of hydrogen-bond donors (Lipinski definition) is 2. The summed E-state index contributed by atoms with van der Waals surface area (Å²) in [5.74, 6) is -1.04. The molecule has 98 valence electrons. The van der Waals surface area contributed by atoms with Crippen LogP contribution in [-0.4, -0.2) is 36.9 Å². The Kier molecular flexibility index (Phi) is 6.27. The minimum Gasteiger partial charge on any atom is -0.480 e. The van der Waals surface area contributed by atoms with Crippen LogP contribution in [0.25, 0.3) is 0 Å². The van der Waals surface area contributed by atoms with Gasteiger partial charge in [0.2, 0.25) is 0 Å². The molecule has 0 heterocycles. The Labute approximate surface area is 105 Å². The second-order valence-electron chi connectivity index (χ2n) is 3.43. The first-order valence-electron chi connectivity index (χ1n) is 5.42. The lowest BCUT2D eigenvalue weighted by molar-refractivity contribution is -0.142. The van der Waals surface area contributed by atoms with Crippen molar-refractivity contribution in [3.8, 4) is 0 Å². The van der Waals surface area contributed by atoms with Gasteiger partial charge in [-0.05, 0) is 5.56 Å². The summed E-state index contributed by atoms with van der Waals surface area (Å²) in [4.78, 5) is 21.3. The number of carbonyl (C=O) groups excluding carboxylic acids is 1. The van der Waals surface area contributed by atoms with Gasteiger partial charge in [0.05, 0.1) is 6.61 Å². The minimum atomic E-state index is -1.04. The lowest BCUT2D eigenvalue weighted by atomic mass is 10.2. The quantitative estimate of drug-likeness (QED) is 0.708. The highest BCUT2D eigenvalue weighted by Crippen LogP contribution is 2.00. The van der Waals surface area contributed by atoms with E-state index >= 15 is 0 Å². The largest absolute Gasteiger partial charge is 0.480 e. The van der Waals surface area contributed by atoms with E-state index in [1.54, 1.807) is 0 Å². The number of hydrogen-bond acceptors (Lipinski definition) is 4. The van der Waals surface area contributed by atoms with E-state index in [0.717, 1.165) is 5.56 Å². The zero-order valence-corrected chi connectivity index (χ0v) is 9.80. The fourth-order valence-electron chi connectivity index (χ4n) is 1.16. The van der Waals surface area contributed by atoms with Gasteiger partial charge in [-0.25, -0.2) is 9.59 Å². The van der Waals surface area contributed by atoms with E-state index in [2.05, 4.69) is 5.32 Å². The van der Waals surface area contributed by atoms with Crippen LogP contribution in [0, 0.1) is 0 Å². The Balaban J connectivity index is 2.06. The molecule has 0 aliphatic rings. The van der Waals surface area contributed by atoms with Crippen LogP contribution >= 0.6 is 0 Å². The Hall–Kier alpha value is -2.08. The van der Waals surface area contributed by atoms with Gasteiger partial charge < -0.3 is 19.9 Å². The predicted octanol–water partition coefficient (Wildman–Crippen LogP) is 1.01. The van der Waals surface area contributed by atoms with Crippen LogP contribution in [0.1, 0.15) is 5.56 Å². The molecule has 0 unspecified atom stereocenters. The first-order valence-corrected chi connectivity index (χ1v) is 5.42. The smallest absolute Gasteiger partial charge is 0.407 e. The van der Waals surface area contributed by atoms with Crippen molar-refractivity contribution in [2.75, 3.05) is 19.8 Å². The maximum absolute atomic E-state index is 11.2. The number of amides is 1. The normalized spacial score (nSPS) is 9.78. The third kappa shape index (κ3) is 6.49. The Morgan fingerprint density at radius 3 is 2.61 bits per heavy atom. The van der Waals surface area contributed by atoms with Crippen molar-refractivity contribution >= 4 is 12.1 Å². The fraction of sp³-hybridized carbons (Fsp3) is 0.333. The molecule has 0 aromatic heterocycles. The number of carbonyl (C=O) groups is 2. The van der Waals surface area contributed by atoms with Crippen LogP contribution in [0.15, 0.2) is 30.3 Å². The first-order chi connectivity index (χ1) is 8.68. The molecule has 2 N–H and O–H groups in total. The molecule has 1 aromatic rings. The third-order valence-electron chi connectivity index (χ3n) is 1.95. The van der Waals surface area contributed by atoms with E-state index in [1.807, 2.05) is 30.3 Å². The van der Waals surface area contributed by atoms with Crippen molar-refractivity contribution in [3.63, 3.8) is 0 Å². The monoisotopic (exact) mass is 253 g/mol. The lowest BCUT2D eigenvalue weighted by Gasteiger charge is -2.06. The van der Waals surface area contributed by atoms with Gasteiger partial charge in [-0.2, -0.15) is 0 Å². The third-order valence-corrected chi connectivity index (χ3v) is 1.95. The molecule has 0 bridgehead atoms. The first kappa shape index (κ1) is 14.0. The van der Waals surface area contributed by atoms with Gasteiger partial charge in [-0.3, -0.25) is 0 Å². The average molecular weight is 253 g/mol. The van der Waals surface area contributed by atoms with Gasteiger partial charge >= 0.3 is 12.1 Å². The van der Waals surface area contributed by atoms with Crippen molar-refractivity contribution in [1.29, 1.82) is 0 Å². The highest BCUT2D eigenvalue weighted by atomic mass is 16.5. The molecule has 0 spiro atoms. The summed E-state index contributed by atoms with van der Waals surface area (Å²) < 4.78 is 9.67. The average Bonchev–Trinajstić information content (AvgIpc) is 2.37. The number of carboxylic acid groups (broad SMARTS) is 1. The van der Waals surface area contributed by atoms with Gasteiger partial charge in [-0.1, -0.05) is 30.3 Å². The van der Waals surface area contributed by atoms with Gasteiger partial charge in [0.25, 0.3) is 0 Å². The molecule has 0 atom stereocenters. The molecule has 0 fully saturated rings. The summed E-state index contributed by atoms with van der Waals surface area (Å²) in [6.45, 7) is 0.164. The van der Waals surface area contributed by atoms with E-state index in [0.29, 0.717) is 0 Å². The zero-order chi connectivity index (χ0) is 13.2. The van der Waals surface area contributed by atoms with Crippen LogP contribution in [0.3, 0.4) is 0 Å². The van der Waals surface area contributed by atoms with Gasteiger partial charge in [0.1, 0.15) is 13.2 Å². The molecule has 6 nitrogen and oxygen atoms in total. The van der Waals surface area contributed by atoms with Gasteiger partial charge in [0.15, 0.2) is 0 Å². The molecule has 0 aliphatic carbocycles. The molecule has 0 saturated carbocycles. The van der Waals surface area contributed by atoms with Crippen molar-refractivity contribution in [3.05, 3.63) is 35.9 Å². The highest BCUT2D eigenvalue weighted by Gasteiger charge is 2.02. The maximum atomic E-state index is 11.2. The minimum absolute atomic E-state index is 0.132. The summed E-state index contributed by atoms with van der Waals surface area (Å²) in [5, 5.41) is 10.7. The van der Waals surface area contributed by atoms with Crippen LogP contribution in [0.4, 0.5) is 4.79 Å².